The van der Waals surface area contributed by atoms with Crippen molar-refractivity contribution in [2.45, 2.75) is 32.4 Å². The van der Waals surface area contributed by atoms with Crippen molar-refractivity contribution in [1.82, 2.24) is 24.4 Å². The first-order valence-electron chi connectivity index (χ1n) is 9.57. The van der Waals surface area contributed by atoms with Crippen LogP contribution in [0.4, 0.5) is 5.82 Å². The van der Waals surface area contributed by atoms with Crippen molar-refractivity contribution in [3.8, 4) is 0 Å². The third kappa shape index (κ3) is 4.18. The van der Waals surface area contributed by atoms with Crippen LogP contribution in [0.5, 0.6) is 0 Å². The lowest BCUT2D eigenvalue weighted by molar-refractivity contribution is -0.128. The van der Waals surface area contributed by atoms with E-state index >= 15 is 0 Å². The summed E-state index contributed by atoms with van der Waals surface area (Å²) >= 11 is 0. The number of carbonyl (C=O) groups excluding carboxylic acids is 2. The summed E-state index contributed by atoms with van der Waals surface area (Å²) in [5.74, 6) is 0.168. The Labute approximate surface area is 167 Å². The minimum absolute atomic E-state index is 0.188. The number of ether oxygens (including phenoxy) is 1. The maximum atomic E-state index is 12.2. The molecule has 1 saturated heterocycles. The molecule has 9 nitrogen and oxygen atoms in total. The topological polar surface area (TPSA) is 116 Å². The molecule has 2 N–H and O–H groups in total. The predicted octanol–water partition coefficient (Wildman–Crippen LogP) is 1.78. The van der Waals surface area contributed by atoms with Gasteiger partial charge in [0.05, 0.1) is 18.5 Å². The quantitative estimate of drug-likeness (QED) is 0.479. The third-order valence-corrected chi connectivity index (χ3v) is 4.94. The number of imidazole rings is 1. The van der Waals surface area contributed by atoms with Crippen LogP contribution in [0.25, 0.3) is 11.2 Å². The second kappa shape index (κ2) is 8.26. The predicted molar refractivity (Wildman–Crippen MR) is 106 cm³/mol. The number of fused-ring (bicyclic) bond motifs is 1. The van der Waals surface area contributed by atoms with Crippen LogP contribution in [0.1, 0.15) is 35.2 Å². The molecule has 3 heterocycles. The van der Waals surface area contributed by atoms with E-state index in [0.29, 0.717) is 48.5 Å². The SMILES string of the molecule is Nc1ncnc2c1ncn2CCCOC(=O)c1ccc(CN2CCCC2=O)cc1. The van der Waals surface area contributed by atoms with Gasteiger partial charge in [0.25, 0.3) is 0 Å². The van der Waals surface area contributed by atoms with E-state index in [1.807, 2.05) is 21.6 Å². The molecule has 0 spiro atoms. The maximum Gasteiger partial charge on any atom is 0.338 e. The zero-order valence-corrected chi connectivity index (χ0v) is 16.0. The first-order valence-corrected chi connectivity index (χ1v) is 9.57. The van der Waals surface area contributed by atoms with Gasteiger partial charge in [0.2, 0.25) is 5.91 Å². The van der Waals surface area contributed by atoms with Crippen LogP contribution >= 0.6 is 0 Å². The molecule has 1 aliphatic heterocycles. The van der Waals surface area contributed by atoms with Gasteiger partial charge in [-0.2, -0.15) is 0 Å². The van der Waals surface area contributed by atoms with E-state index in [0.717, 1.165) is 18.5 Å². The highest BCUT2D eigenvalue weighted by molar-refractivity contribution is 5.89. The monoisotopic (exact) mass is 394 g/mol. The summed E-state index contributed by atoms with van der Waals surface area (Å²) in [5.41, 5.74) is 8.51. The van der Waals surface area contributed by atoms with E-state index in [2.05, 4.69) is 15.0 Å². The lowest BCUT2D eigenvalue weighted by Gasteiger charge is -2.15. The van der Waals surface area contributed by atoms with E-state index in [-0.39, 0.29) is 18.5 Å². The number of hydrogen-bond donors (Lipinski definition) is 1. The molecule has 4 rings (SSSR count). The fraction of sp³-hybridized carbons (Fsp3) is 0.350. The Morgan fingerprint density at radius 1 is 1.17 bits per heavy atom. The molecule has 1 aromatic carbocycles. The fourth-order valence-corrected chi connectivity index (χ4v) is 3.38. The number of nitrogens with two attached hydrogens (primary N) is 1. The average molecular weight is 394 g/mol. The number of hydrogen-bond acceptors (Lipinski definition) is 7. The Bertz CT molecular complexity index is 1030. The van der Waals surface area contributed by atoms with E-state index in [1.165, 1.54) is 6.33 Å². The normalized spacial score (nSPS) is 13.9. The van der Waals surface area contributed by atoms with E-state index < -0.39 is 0 Å². The van der Waals surface area contributed by atoms with Crippen molar-refractivity contribution in [2.75, 3.05) is 18.9 Å². The zero-order chi connectivity index (χ0) is 20.2. The van der Waals surface area contributed by atoms with Gasteiger partial charge in [-0.25, -0.2) is 19.7 Å². The van der Waals surface area contributed by atoms with Crippen LogP contribution in [0.3, 0.4) is 0 Å². The first-order chi connectivity index (χ1) is 14.1. The summed E-state index contributed by atoms with van der Waals surface area (Å²) in [4.78, 5) is 38.1. The van der Waals surface area contributed by atoms with Crippen molar-refractivity contribution in [3.63, 3.8) is 0 Å². The van der Waals surface area contributed by atoms with Crippen molar-refractivity contribution in [1.29, 1.82) is 0 Å². The zero-order valence-electron chi connectivity index (χ0n) is 16.0. The van der Waals surface area contributed by atoms with Gasteiger partial charge in [0, 0.05) is 26.1 Å². The number of benzene rings is 1. The molecule has 29 heavy (non-hydrogen) atoms. The lowest BCUT2D eigenvalue weighted by Crippen LogP contribution is -2.23. The Balaban J connectivity index is 1.26. The number of nitrogen functional groups attached to an aromatic ring is 1. The van der Waals surface area contributed by atoms with E-state index in [9.17, 15) is 9.59 Å². The molecule has 0 radical (unpaired) electrons. The minimum atomic E-state index is -0.365. The fourth-order valence-electron chi connectivity index (χ4n) is 3.38. The molecule has 1 aliphatic rings. The van der Waals surface area contributed by atoms with Crippen LogP contribution in [-0.2, 0) is 22.6 Å². The van der Waals surface area contributed by atoms with Gasteiger partial charge in [-0.3, -0.25) is 4.79 Å². The number of aryl methyl sites for hydroxylation is 1. The lowest BCUT2D eigenvalue weighted by atomic mass is 10.1. The maximum absolute atomic E-state index is 12.2. The highest BCUT2D eigenvalue weighted by Crippen LogP contribution is 2.16. The number of carbonyl (C=O) groups is 2. The molecule has 150 valence electrons. The van der Waals surface area contributed by atoms with Gasteiger partial charge < -0.3 is 19.9 Å². The van der Waals surface area contributed by atoms with Crippen molar-refractivity contribution >= 4 is 28.9 Å². The highest BCUT2D eigenvalue weighted by atomic mass is 16.5. The van der Waals surface area contributed by atoms with Crippen molar-refractivity contribution in [2.24, 2.45) is 0 Å². The highest BCUT2D eigenvalue weighted by Gasteiger charge is 2.20. The molecule has 0 bridgehead atoms. The molecule has 0 saturated carbocycles. The summed E-state index contributed by atoms with van der Waals surface area (Å²) < 4.78 is 7.21. The molecule has 9 heteroatoms. The van der Waals surface area contributed by atoms with Crippen LogP contribution in [0, 0.1) is 0 Å². The Hall–Kier alpha value is -3.49. The van der Waals surface area contributed by atoms with Gasteiger partial charge in [0.1, 0.15) is 11.8 Å². The molecule has 0 unspecified atom stereocenters. The van der Waals surface area contributed by atoms with Gasteiger partial charge in [-0.1, -0.05) is 12.1 Å². The molecule has 0 atom stereocenters. The van der Waals surface area contributed by atoms with Gasteiger partial charge >= 0.3 is 5.97 Å². The van der Waals surface area contributed by atoms with Gasteiger partial charge in [-0.15, -0.1) is 0 Å². The molecule has 2 aromatic heterocycles. The summed E-state index contributed by atoms with van der Waals surface area (Å²) in [6, 6.07) is 7.20. The van der Waals surface area contributed by atoms with Gasteiger partial charge in [0.15, 0.2) is 11.5 Å². The number of esters is 1. The van der Waals surface area contributed by atoms with Crippen molar-refractivity contribution in [3.05, 3.63) is 48.0 Å². The third-order valence-electron chi connectivity index (χ3n) is 4.94. The second-order valence-corrected chi connectivity index (χ2v) is 6.97. The molecule has 0 aliphatic carbocycles. The number of amides is 1. The largest absolute Gasteiger partial charge is 0.462 e. The Kier molecular flexibility index (Phi) is 5.37. The van der Waals surface area contributed by atoms with Crippen LogP contribution in [-0.4, -0.2) is 49.4 Å². The number of rotatable bonds is 7. The van der Waals surface area contributed by atoms with Crippen molar-refractivity contribution < 1.29 is 14.3 Å². The summed E-state index contributed by atoms with van der Waals surface area (Å²) in [6.45, 7) is 2.26. The minimum Gasteiger partial charge on any atom is -0.462 e. The van der Waals surface area contributed by atoms with Crippen LogP contribution < -0.4 is 5.73 Å². The van der Waals surface area contributed by atoms with E-state index in [4.69, 9.17) is 10.5 Å². The smallest absolute Gasteiger partial charge is 0.338 e. The molecular formula is C20H22N6O3. The van der Waals surface area contributed by atoms with E-state index in [1.54, 1.807) is 18.5 Å². The number of likely N-dealkylation sites (tertiary alicyclic amines) is 1. The number of aromatic nitrogens is 4. The Morgan fingerprint density at radius 3 is 2.76 bits per heavy atom. The molecule has 1 amide bonds. The number of nitrogens with zero attached hydrogens (tertiary/aromatic N) is 5. The van der Waals surface area contributed by atoms with Gasteiger partial charge in [-0.05, 0) is 30.5 Å². The summed E-state index contributed by atoms with van der Waals surface area (Å²) in [6.07, 6.45) is 5.22. The molecule has 1 fully saturated rings. The Morgan fingerprint density at radius 2 is 2.00 bits per heavy atom. The summed E-state index contributed by atoms with van der Waals surface area (Å²) in [5, 5.41) is 0. The number of anilines is 1. The molecular weight excluding hydrogens is 372 g/mol. The second-order valence-electron chi connectivity index (χ2n) is 6.97. The molecule has 3 aromatic rings. The van der Waals surface area contributed by atoms with Crippen LogP contribution in [0.15, 0.2) is 36.9 Å². The summed E-state index contributed by atoms with van der Waals surface area (Å²) in [7, 11) is 0. The average Bonchev–Trinajstić information content (AvgIpc) is 3.33. The van der Waals surface area contributed by atoms with Crippen LogP contribution in [0.2, 0.25) is 0 Å². The standard InChI is InChI=1S/C20H22N6O3/c21-18-17-19(23-12-22-18)26(13-24-17)9-2-10-29-20(28)15-6-4-14(5-7-15)11-25-8-1-3-16(25)27/h4-7,12-13H,1-3,8-11H2,(H2,21,22,23). The first kappa shape index (κ1) is 18.9.